The first-order valence-electron chi connectivity index (χ1n) is 2.39. The molecule has 0 rings (SSSR count). The fourth-order valence-electron chi connectivity index (χ4n) is 0.263. The fraction of sp³-hybridized carbons (Fsp3) is 1.00. The van der Waals surface area contributed by atoms with Crippen LogP contribution in [0.1, 0.15) is 6.92 Å². The first kappa shape index (κ1) is 10.0. The molecule has 0 bridgehead atoms. The van der Waals surface area contributed by atoms with E-state index in [1.807, 2.05) is 0 Å². The Balaban J connectivity index is 4.10. The van der Waals surface area contributed by atoms with Gasteiger partial charge in [-0.25, -0.2) is 0 Å². The summed E-state index contributed by atoms with van der Waals surface area (Å²) in [6.07, 6.45) is -5.42. The largest absolute Gasteiger partial charge is 0.464 e. The van der Waals surface area contributed by atoms with Gasteiger partial charge in [-0.15, -0.1) is 0 Å². The quantitative estimate of drug-likeness (QED) is 0.589. The lowest BCUT2D eigenvalue weighted by Crippen LogP contribution is -2.32. The lowest BCUT2D eigenvalue weighted by atomic mass is 10.7. The van der Waals surface area contributed by atoms with E-state index in [1.54, 1.807) is 0 Å². The normalized spacial score (nSPS) is 13.8. The van der Waals surface area contributed by atoms with Crippen molar-refractivity contribution >= 4 is 11.8 Å². The number of hydrogen-bond acceptors (Lipinski definition) is 1. The SMILES string of the molecule is CCSC(F)(F)C(F)(F)F. The van der Waals surface area contributed by atoms with E-state index in [0.29, 0.717) is 0 Å². The second-order valence-electron chi connectivity index (χ2n) is 1.45. The van der Waals surface area contributed by atoms with Crippen molar-refractivity contribution in [1.82, 2.24) is 0 Å². The monoisotopic (exact) mass is 180 g/mol. The second kappa shape index (κ2) is 2.94. The smallest absolute Gasteiger partial charge is 0.184 e. The highest BCUT2D eigenvalue weighted by atomic mass is 32.2. The summed E-state index contributed by atoms with van der Waals surface area (Å²) in [6, 6.07) is 0. The predicted molar refractivity (Wildman–Crippen MR) is 29.1 cm³/mol. The Hall–Kier alpha value is -0.0000000000000000555. The molecule has 0 aromatic heterocycles. The van der Waals surface area contributed by atoms with Gasteiger partial charge >= 0.3 is 11.4 Å². The first-order valence-corrected chi connectivity index (χ1v) is 3.38. The first-order chi connectivity index (χ1) is 4.31. The summed E-state index contributed by atoms with van der Waals surface area (Å²) >= 11 is -0.418. The van der Waals surface area contributed by atoms with E-state index in [2.05, 4.69) is 0 Å². The van der Waals surface area contributed by atoms with Gasteiger partial charge in [-0.2, -0.15) is 22.0 Å². The van der Waals surface area contributed by atoms with Crippen LogP contribution in [-0.4, -0.2) is 17.2 Å². The maximum atomic E-state index is 11.8. The highest BCUT2D eigenvalue weighted by molar-refractivity contribution is 8.00. The van der Waals surface area contributed by atoms with Gasteiger partial charge in [0.2, 0.25) is 0 Å². The molecule has 0 aromatic carbocycles. The van der Waals surface area contributed by atoms with Crippen molar-refractivity contribution in [3.8, 4) is 0 Å². The van der Waals surface area contributed by atoms with Gasteiger partial charge in [0, 0.05) is 0 Å². The summed E-state index contributed by atoms with van der Waals surface area (Å²) in [4.78, 5) is 0. The fourth-order valence-corrected chi connectivity index (χ4v) is 0.789. The number of halogens is 5. The lowest BCUT2D eigenvalue weighted by Gasteiger charge is -2.17. The van der Waals surface area contributed by atoms with Gasteiger partial charge < -0.3 is 0 Å². The molecule has 0 saturated carbocycles. The molecule has 0 spiro atoms. The average molecular weight is 180 g/mol. The summed E-state index contributed by atoms with van der Waals surface area (Å²) in [6.45, 7) is 1.24. The Kier molecular flexibility index (Phi) is 2.94. The predicted octanol–water partition coefficient (Wildman–Crippen LogP) is 2.89. The van der Waals surface area contributed by atoms with E-state index in [4.69, 9.17) is 0 Å². The molecule has 62 valence electrons. The molecule has 10 heavy (non-hydrogen) atoms. The molecular weight excluding hydrogens is 175 g/mol. The highest BCUT2D eigenvalue weighted by Gasteiger charge is 2.57. The Labute approximate surface area is 58.8 Å². The zero-order valence-electron chi connectivity index (χ0n) is 5.01. The summed E-state index contributed by atoms with van der Waals surface area (Å²) < 4.78 is 57.3. The minimum absolute atomic E-state index is 0.257. The van der Waals surface area contributed by atoms with Crippen molar-refractivity contribution in [2.75, 3.05) is 5.75 Å². The zero-order chi connectivity index (χ0) is 8.41. The third kappa shape index (κ3) is 2.32. The van der Waals surface area contributed by atoms with Crippen LogP contribution >= 0.6 is 11.8 Å². The third-order valence-electron chi connectivity index (χ3n) is 0.656. The minimum atomic E-state index is -5.42. The van der Waals surface area contributed by atoms with Crippen LogP contribution in [0.2, 0.25) is 0 Å². The number of hydrogen-bond donors (Lipinski definition) is 0. The topological polar surface area (TPSA) is 0 Å². The van der Waals surface area contributed by atoms with Crippen LogP contribution < -0.4 is 0 Å². The molecule has 0 aliphatic rings. The molecule has 6 heteroatoms. The molecule has 0 aromatic rings. The van der Waals surface area contributed by atoms with E-state index in [9.17, 15) is 22.0 Å². The van der Waals surface area contributed by atoms with Crippen LogP contribution in [-0.2, 0) is 0 Å². The minimum Gasteiger partial charge on any atom is -0.184 e. The van der Waals surface area contributed by atoms with Crippen LogP contribution in [0.4, 0.5) is 22.0 Å². The third-order valence-corrected chi connectivity index (χ3v) is 1.54. The zero-order valence-corrected chi connectivity index (χ0v) is 5.82. The molecule has 0 amide bonds. The molecule has 0 radical (unpaired) electrons. The van der Waals surface area contributed by atoms with E-state index >= 15 is 0 Å². The van der Waals surface area contributed by atoms with Gasteiger partial charge in [0.1, 0.15) is 0 Å². The molecule has 0 saturated heterocycles. The van der Waals surface area contributed by atoms with Crippen molar-refractivity contribution in [2.24, 2.45) is 0 Å². The summed E-state index contributed by atoms with van der Waals surface area (Å²) in [5, 5.41) is -4.60. The van der Waals surface area contributed by atoms with Crippen LogP contribution in [0.25, 0.3) is 0 Å². The van der Waals surface area contributed by atoms with Crippen LogP contribution in [0.15, 0.2) is 0 Å². The molecule has 0 nitrogen and oxygen atoms in total. The molecule has 0 aliphatic heterocycles. The van der Waals surface area contributed by atoms with Crippen molar-refractivity contribution < 1.29 is 22.0 Å². The number of thioether (sulfide) groups is 1. The Bertz CT molecular complexity index is 107. The number of rotatable bonds is 2. The Morgan fingerprint density at radius 1 is 1.10 bits per heavy atom. The Morgan fingerprint density at radius 3 is 1.60 bits per heavy atom. The van der Waals surface area contributed by atoms with E-state index in [-0.39, 0.29) is 5.75 Å². The maximum Gasteiger partial charge on any atom is 0.464 e. The van der Waals surface area contributed by atoms with Gasteiger partial charge in [0.15, 0.2) is 0 Å². The molecule has 0 heterocycles. The van der Waals surface area contributed by atoms with Crippen LogP contribution in [0, 0.1) is 0 Å². The lowest BCUT2D eigenvalue weighted by molar-refractivity contribution is -0.237. The Morgan fingerprint density at radius 2 is 1.50 bits per heavy atom. The van der Waals surface area contributed by atoms with Crippen LogP contribution in [0.5, 0.6) is 0 Å². The standard InChI is InChI=1S/C4H5F5S/c1-2-10-4(8,9)3(5,6)7/h2H2,1H3. The van der Waals surface area contributed by atoms with Gasteiger partial charge in [0.25, 0.3) is 0 Å². The van der Waals surface area contributed by atoms with Crippen molar-refractivity contribution in [3.63, 3.8) is 0 Å². The van der Waals surface area contributed by atoms with Gasteiger partial charge in [-0.1, -0.05) is 18.7 Å². The molecular formula is C4H5F5S. The summed E-state index contributed by atoms with van der Waals surface area (Å²) in [5.41, 5.74) is 0. The van der Waals surface area contributed by atoms with Crippen molar-refractivity contribution in [2.45, 2.75) is 18.4 Å². The average Bonchev–Trinajstić information content (AvgIpc) is 1.61. The summed E-state index contributed by atoms with van der Waals surface area (Å²) in [7, 11) is 0. The molecule has 0 aliphatic carbocycles. The van der Waals surface area contributed by atoms with Crippen molar-refractivity contribution in [1.29, 1.82) is 0 Å². The molecule has 0 fully saturated rings. The van der Waals surface area contributed by atoms with Gasteiger partial charge in [-0.3, -0.25) is 0 Å². The van der Waals surface area contributed by atoms with E-state index in [1.165, 1.54) is 6.92 Å². The number of alkyl halides is 5. The molecule has 0 atom stereocenters. The van der Waals surface area contributed by atoms with Gasteiger partial charge in [0.05, 0.1) is 0 Å². The molecule has 0 unspecified atom stereocenters. The summed E-state index contributed by atoms with van der Waals surface area (Å²) in [5.74, 6) is -0.257. The van der Waals surface area contributed by atoms with E-state index in [0.717, 1.165) is 0 Å². The maximum absolute atomic E-state index is 11.8. The van der Waals surface area contributed by atoms with Crippen LogP contribution in [0.3, 0.4) is 0 Å². The second-order valence-corrected chi connectivity index (χ2v) is 2.83. The highest BCUT2D eigenvalue weighted by Crippen LogP contribution is 2.43. The van der Waals surface area contributed by atoms with Crippen molar-refractivity contribution in [3.05, 3.63) is 0 Å². The van der Waals surface area contributed by atoms with Gasteiger partial charge in [-0.05, 0) is 5.75 Å². The molecule has 0 N–H and O–H groups in total. The van der Waals surface area contributed by atoms with E-state index < -0.39 is 23.2 Å².